The number of hydrogen-bond acceptors (Lipinski definition) is 26. The lowest BCUT2D eigenvalue weighted by molar-refractivity contribution is -0.156. The Morgan fingerprint density at radius 2 is 0.669 bits per heavy atom. The zero-order valence-corrected chi connectivity index (χ0v) is 78.3. The van der Waals surface area contributed by atoms with Crippen molar-refractivity contribution in [2.24, 2.45) is 0 Å². The Bertz CT molecular complexity index is 6620. The van der Waals surface area contributed by atoms with Crippen molar-refractivity contribution in [3.05, 3.63) is 282 Å². The van der Waals surface area contributed by atoms with E-state index in [0.29, 0.717) is 76.1 Å². The van der Waals surface area contributed by atoms with Crippen LogP contribution in [0.25, 0.3) is 44.1 Å². The molecular weight excluding hydrogens is 1820 g/mol. The van der Waals surface area contributed by atoms with Crippen LogP contribution in [0.4, 0.5) is 17.5 Å². The Balaban J connectivity index is 0.000000193. The lowest BCUT2D eigenvalue weighted by Gasteiger charge is -2.44. The van der Waals surface area contributed by atoms with Gasteiger partial charge in [0.1, 0.15) is 99.7 Å². The molecule has 2 fully saturated rings. The first-order valence-corrected chi connectivity index (χ1v) is 43.3. The SMILES string of the molecule is CC1(O)CNC1.CNc1ccc2cc(C(=O)NCc3ccc(Cl)cc3)c(=O)n(CC(=O)N3CC(C)(O)C3)c2n1.CNc1ccc2cc(C(=O)NCc3ccc(Cl)cc3)c(=O)n(CC(=O)O)c2n1.CNc1ccc2cc(C(=O)NCc3ccc(Cl)cc3)c(=O)n(CC(=O)OC(C)(C)C)c2n1.Cc1ccc2cc(C(=O)NCc3ccc(Cl)cc3)c(=O)n(CC(=O)OC(C)(C)C)c2n1.O=S=O. The van der Waals surface area contributed by atoms with Crippen LogP contribution < -0.4 is 64.8 Å². The molecule has 2 aliphatic rings. The molecule has 0 aliphatic carbocycles. The van der Waals surface area contributed by atoms with Crippen LogP contribution in [-0.4, -0.2) is 184 Å². The topological polar surface area (TPSA) is 489 Å². The molecule has 36 nitrogen and oxygen atoms in total. The summed E-state index contributed by atoms with van der Waals surface area (Å²) in [6.07, 6.45) is 0. The van der Waals surface area contributed by atoms with Crippen molar-refractivity contribution in [3.8, 4) is 0 Å². The Labute approximate surface area is 785 Å². The molecule has 0 spiro atoms. The number of pyridine rings is 8. The lowest BCUT2D eigenvalue weighted by atomic mass is 9.97. The number of esters is 2. The van der Waals surface area contributed by atoms with Crippen LogP contribution in [0.1, 0.15) is 125 Å². The standard InChI is InChI=1S/C23H24ClN5O4.C23H25ClN4O4.C23H24ClN3O4.C19H17ClN4O4.C4H9NO.O2S/c1-23(33)12-28(13-23)19(30)11-29-20-15(5-8-18(25-2)27-20)9-17(22(29)32)21(31)26-10-14-3-6-16(24)7-4-14;1-23(2,3)32-19(29)13-28-20-15(7-10-18(25-4)27-20)11-17(22(28)31)21(30)26-12-14-5-8-16(24)9-6-14;1-14-5-8-16-11-18(21(29)25-12-15-6-9-17(24)10-7-15)22(30)27(20(16)26-14)13-19(28)31-23(2,3)4;1-21-15-7-4-12-8-14(19(28)24(10-16(25)26)17(12)23-15)18(27)22-9-11-2-5-13(20)6-3-11;1-4(6)2-5-3-4;1-3-2/h3-9,33H,10-13H2,1-2H3,(H,25,27)(H,26,31);5-11H,12-13H2,1-4H3,(H,25,27)(H,26,30);5-11H,12-13H2,1-4H3,(H,25,29);2-8H,9-10H2,1H3,(H,21,23)(H,22,27)(H,25,26);5-6H,2-3H2,1H3;. The fourth-order valence-corrected chi connectivity index (χ4v) is 13.6. The number of aryl methyl sites for hydroxylation is 1. The third-order valence-corrected chi connectivity index (χ3v) is 20.5. The second-order valence-corrected chi connectivity index (χ2v) is 34.8. The van der Waals surface area contributed by atoms with E-state index in [-0.39, 0.29) is 104 Å². The fourth-order valence-electron chi connectivity index (χ4n) is 13.1. The molecule has 0 atom stereocenters. The normalized spacial score (nSPS) is 12.6. The maximum atomic E-state index is 13.3. The highest BCUT2D eigenvalue weighted by atomic mass is 35.5. The quantitative estimate of drug-likeness (QED) is 0.0265. The minimum Gasteiger partial charge on any atom is -0.480 e. The first kappa shape index (κ1) is 103. The first-order valence-electron chi connectivity index (χ1n) is 41.1. The molecule has 10 heterocycles. The van der Waals surface area contributed by atoms with Crippen molar-refractivity contribution in [1.29, 1.82) is 0 Å². The van der Waals surface area contributed by atoms with Gasteiger partial charge in [-0.3, -0.25) is 75.8 Å². The van der Waals surface area contributed by atoms with Gasteiger partial charge < -0.3 is 72.2 Å². The van der Waals surface area contributed by atoms with Crippen LogP contribution in [0.15, 0.2) is 189 Å². The predicted molar refractivity (Wildman–Crippen MR) is 507 cm³/mol. The van der Waals surface area contributed by atoms with E-state index < -0.39 is 98.7 Å². The molecule has 0 unspecified atom stereocenters. The van der Waals surface area contributed by atoms with E-state index in [0.717, 1.165) is 39.9 Å². The van der Waals surface area contributed by atoms with Crippen molar-refractivity contribution in [1.82, 2.24) is 69.7 Å². The van der Waals surface area contributed by atoms with Crippen LogP contribution >= 0.6 is 46.4 Å². The summed E-state index contributed by atoms with van der Waals surface area (Å²) in [6.45, 7) is 16.9. The van der Waals surface area contributed by atoms with Crippen molar-refractivity contribution in [2.45, 2.75) is 137 Å². The van der Waals surface area contributed by atoms with Gasteiger partial charge in [-0.25, -0.2) is 19.9 Å². The number of β-amino-alcohol motifs (C(OH)–C–C–N with tert-alkyl or cyclic N) is 2. The maximum Gasteiger partial charge on any atom is 0.335 e. The lowest BCUT2D eigenvalue weighted by Crippen LogP contribution is -2.62. The molecule has 2 saturated heterocycles. The molecule has 8 aromatic heterocycles. The average molecular weight is 1920 g/mol. The van der Waals surface area contributed by atoms with E-state index in [1.165, 1.54) is 42.9 Å². The molecule has 0 radical (unpaired) electrons. The number of carbonyl (C=O) groups is 8. The summed E-state index contributed by atoms with van der Waals surface area (Å²) in [5.41, 5.74) is -0.617. The van der Waals surface area contributed by atoms with Crippen LogP contribution in [0.2, 0.25) is 20.1 Å². The molecule has 0 bridgehead atoms. The highest BCUT2D eigenvalue weighted by Gasteiger charge is 2.40. The summed E-state index contributed by atoms with van der Waals surface area (Å²) in [7, 11) is 5.05. The predicted octanol–water partition coefficient (Wildman–Crippen LogP) is 9.38. The van der Waals surface area contributed by atoms with Gasteiger partial charge in [-0.05, 0) is 206 Å². The number of likely N-dealkylation sites (tertiary alicyclic amines) is 1. The van der Waals surface area contributed by atoms with Gasteiger partial charge in [0.15, 0.2) is 0 Å². The highest BCUT2D eigenvalue weighted by molar-refractivity contribution is 7.51. The summed E-state index contributed by atoms with van der Waals surface area (Å²) >= 11 is 22.7. The Hall–Kier alpha value is -13.7. The van der Waals surface area contributed by atoms with E-state index in [9.17, 15) is 62.6 Å². The third-order valence-electron chi connectivity index (χ3n) is 19.5. The van der Waals surface area contributed by atoms with E-state index in [4.69, 9.17) is 74.5 Å². The zero-order chi connectivity index (χ0) is 97.6. The molecule has 5 amide bonds. The molecular formula is C92H99Cl4N17O19S. The number of carbonyl (C=O) groups excluding carboxylic acids is 7. The minimum atomic E-state index is -1.21. The number of ether oxygens (including phenoxy) is 2. The summed E-state index contributed by atoms with van der Waals surface area (Å²) < 4.78 is 31.8. The monoisotopic (exact) mass is 1920 g/mol. The zero-order valence-electron chi connectivity index (χ0n) is 74.5. The average Bonchev–Trinajstić information content (AvgIpc) is 0.776. The molecule has 14 rings (SSSR count). The largest absolute Gasteiger partial charge is 0.480 e. The van der Waals surface area contributed by atoms with Gasteiger partial charge in [0.25, 0.3) is 45.9 Å². The number of aliphatic hydroxyl groups is 2. The molecule has 4 aromatic carbocycles. The molecule has 12 aromatic rings. The number of carboxylic acids is 1. The second kappa shape index (κ2) is 45.9. The summed E-state index contributed by atoms with van der Waals surface area (Å²) in [4.78, 5) is 171. The van der Waals surface area contributed by atoms with Gasteiger partial charge >= 0.3 is 29.5 Å². The number of aliphatic carboxylic acids is 1. The number of aromatic nitrogens is 8. The fraction of sp³-hybridized carbons (Fsp3) is 0.304. The smallest absolute Gasteiger partial charge is 0.335 e. The van der Waals surface area contributed by atoms with Gasteiger partial charge in [0.05, 0.1) is 24.3 Å². The minimum absolute atomic E-state index is 0.0734. The maximum absolute atomic E-state index is 13.3. The van der Waals surface area contributed by atoms with E-state index in [1.54, 1.807) is 222 Å². The number of hydrogen-bond donors (Lipinski definition) is 11. The van der Waals surface area contributed by atoms with Crippen LogP contribution in [0.3, 0.4) is 0 Å². The summed E-state index contributed by atoms with van der Waals surface area (Å²) in [5, 5.41) is 54.9. The molecule has 41 heteroatoms. The number of amides is 5. The second-order valence-electron chi connectivity index (χ2n) is 33.0. The van der Waals surface area contributed by atoms with Crippen LogP contribution in [0.5, 0.6) is 0 Å². The number of anilines is 3. The van der Waals surface area contributed by atoms with Crippen molar-refractivity contribution < 1.29 is 71.6 Å². The van der Waals surface area contributed by atoms with Crippen LogP contribution in [-0.2, 0) is 92.6 Å². The molecule has 0 saturated carbocycles. The van der Waals surface area contributed by atoms with Gasteiger partial charge in [-0.15, -0.1) is 0 Å². The number of rotatable bonds is 23. The summed E-state index contributed by atoms with van der Waals surface area (Å²) in [6, 6.07) is 47.6. The van der Waals surface area contributed by atoms with Gasteiger partial charge in [-0.2, -0.15) is 8.42 Å². The molecule has 133 heavy (non-hydrogen) atoms. The summed E-state index contributed by atoms with van der Waals surface area (Å²) in [5.74, 6) is -3.45. The van der Waals surface area contributed by atoms with Gasteiger partial charge in [0, 0.05) is 108 Å². The Kier molecular flexibility index (Phi) is 35.6. The number of carboxylic acid groups (broad SMARTS) is 1. The highest BCUT2D eigenvalue weighted by Crippen LogP contribution is 2.25. The van der Waals surface area contributed by atoms with E-state index >= 15 is 0 Å². The molecule has 11 N–H and O–H groups in total. The number of benzene rings is 4. The van der Waals surface area contributed by atoms with E-state index in [1.807, 2.05) is 6.92 Å². The number of halogens is 4. The Morgan fingerprint density at radius 3 is 0.910 bits per heavy atom. The van der Waals surface area contributed by atoms with Crippen molar-refractivity contribution in [2.75, 3.05) is 63.3 Å². The number of nitrogens with one attached hydrogen (secondary N) is 8. The number of nitrogens with zero attached hydrogens (tertiary/aromatic N) is 9. The van der Waals surface area contributed by atoms with Gasteiger partial charge in [-0.1, -0.05) is 94.9 Å². The molecule has 700 valence electrons. The van der Waals surface area contributed by atoms with Gasteiger partial charge in [0.2, 0.25) is 5.91 Å². The van der Waals surface area contributed by atoms with Crippen molar-refractivity contribution in [3.63, 3.8) is 0 Å². The Morgan fingerprint density at radius 1 is 0.414 bits per heavy atom. The number of fused-ring (bicyclic) bond motifs is 4. The molecule has 2 aliphatic heterocycles. The van der Waals surface area contributed by atoms with E-state index in [2.05, 4.69) is 62.5 Å². The van der Waals surface area contributed by atoms with Crippen LogP contribution in [0, 0.1) is 6.92 Å². The van der Waals surface area contributed by atoms with Crippen molar-refractivity contribution >= 4 is 167 Å². The first-order chi connectivity index (χ1) is 62.8. The third kappa shape index (κ3) is 29.7.